The molecule has 0 aliphatic heterocycles. The quantitative estimate of drug-likeness (QED) is 0.0927. The molecule has 0 aliphatic rings. The number of nitrogens with zero attached hydrogens (tertiary/aromatic N) is 11. The van der Waals surface area contributed by atoms with Crippen LogP contribution >= 0.6 is 0 Å². The Morgan fingerprint density at radius 2 is 1.21 bits per heavy atom. The van der Waals surface area contributed by atoms with Crippen molar-refractivity contribution in [1.29, 1.82) is 0 Å². The molecule has 56 heavy (non-hydrogen) atoms. The lowest BCUT2D eigenvalue weighted by Crippen LogP contribution is -2.61. The monoisotopic (exact) mass is 760 g/mol. The minimum absolute atomic E-state index is 0.193. The second kappa shape index (κ2) is 19.3. The minimum atomic E-state index is 0.193. The summed E-state index contributed by atoms with van der Waals surface area (Å²) in [6.45, 7) is 18.6. The lowest BCUT2D eigenvalue weighted by atomic mass is 10.0. The Kier molecular flexibility index (Phi) is 14.0. The van der Waals surface area contributed by atoms with Crippen LogP contribution in [-0.2, 0) is 0 Å². The number of anilines is 2. The van der Waals surface area contributed by atoms with E-state index in [1.54, 1.807) is 12.4 Å². The SMILES string of the molecule is CCN(CC)CCN(CC(C(CN(C)C)N(CCN(C)C)c1ccc(-c2nc3ncccc3[nH]2)cc1)N(CC)CC)c1ccc(-c2nc3ncncc3[nH]2)cc1. The highest BCUT2D eigenvalue weighted by Crippen LogP contribution is 2.29. The first-order valence-electron chi connectivity index (χ1n) is 20.2. The van der Waals surface area contributed by atoms with Crippen molar-refractivity contribution in [1.82, 2.24) is 54.5 Å². The average molecular weight is 760 g/mol. The molecule has 0 bridgehead atoms. The molecular weight excluding hydrogens is 699 g/mol. The smallest absolute Gasteiger partial charge is 0.181 e. The van der Waals surface area contributed by atoms with Gasteiger partial charge in [0.05, 0.1) is 17.8 Å². The third-order valence-electron chi connectivity index (χ3n) is 10.9. The molecule has 0 saturated carbocycles. The van der Waals surface area contributed by atoms with Crippen molar-refractivity contribution in [3.8, 4) is 22.8 Å². The maximum absolute atomic E-state index is 4.78. The van der Waals surface area contributed by atoms with E-state index < -0.39 is 0 Å². The molecule has 2 atom stereocenters. The third-order valence-corrected chi connectivity index (χ3v) is 10.9. The maximum Gasteiger partial charge on any atom is 0.181 e. The molecule has 4 heterocycles. The molecule has 0 spiro atoms. The number of fused-ring (bicyclic) bond motifs is 2. The van der Waals surface area contributed by atoms with Gasteiger partial charge < -0.3 is 34.5 Å². The molecule has 6 rings (SSSR count). The van der Waals surface area contributed by atoms with Crippen LogP contribution in [0.4, 0.5) is 11.4 Å². The zero-order chi connectivity index (χ0) is 39.6. The fraction of sp³-hybridized carbons (Fsp3) is 0.465. The number of hydrogen-bond donors (Lipinski definition) is 2. The predicted octanol–water partition coefficient (Wildman–Crippen LogP) is 5.82. The largest absolute Gasteiger partial charge is 0.369 e. The zero-order valence-electron chi connectivity index (χ0n) is 34.7. The molecule has 0 amide bonds. The van der Waals surface area contributed by atoms with E-state index in [1.165, 1.54) is 17.7 Å². The number of aromatic amines is 2. The number of H-pyrrole nitrogens is 2. The summed E-state index contributed by atoms with van der Waals surface area (Å²) in [5, 5.41) is 0. The van der Waals surface area contributed by atoms with Crippen molar-refractivity contribution in [3.05, 3.63) is 79.4 Å². The maximum atomic E-state index is 4.78. The normalized spacial score (nSPS) is 13.1. The third kappa shape index (κ3) is 9.88. The lowest BCUT2D eigenvalue weighted by Gasteiger charge is -2.46. The first-order chi connectivity index (χ1) is 27.2. The zero-order valence-corrected chi connectivity index (χ0v) is 34.7. The molecule has 2 N–H and O–H groups in total. The molecule has 298 valence electrons. The van der Waals surface area contributed by atoms with Gasteiger partial charge in [0, 0.05) is 74.0 Å². The summed E-state index contributed by atoms with van der Waals surface area (Å²) in [6, 6.07) is 22.2. The molecule has 13 heteroatoms. The Labute approximate surface area is 332 Å². The number of likely N-dealkylation sites (N-methyl/N-ethyl adjacent to an activating group) is 4. The van der Waals surface area contributed by atoms with E-state index >= 15 is 0 Å². The summed E-state index contributed by atoms with van der Waals surface area (Å²) in [4.78, 5) is 44.4. The predicted molar refractivity (Wildman–Crippen MR) is 231 cm³/mol. The molecule has 0 saturated heterocycles. The van der Waals surface area contributed by atoms with Gasteiger partial charge in [-0.15, -0.1) is 0 Å². The summed E-state index contributed by atoms with van der Waals surface area (Å²) in [7, 11) is 8.74. The van der Waals surface area contributed by atoms with Crippen molar-refractivity contribution in [2.45, 2.75) is 39.8 Å². The highest BCUT2D eigenvalue weighted by Gasteiger charge is 2.34. The summed E-state index contributed by atoms with van der Waals surface area (Å²) < 4.78 is 0. The van der Waals surface area contributed by atoms with Crippen molar-refractivity contribution < 1.29 is 0 Å². The molecule has 0 aliphatic carbocycles. The van der Waals surface area contributed by atoms with Crippen LogP contribution in [0.15, 0.2) is 79.4 Å². The van der Waals surface area contributed by atoms with Crippen LogP contribution < -0.4 is 9.80 Å². The second-order valence-electron chi connectivity index (χ2n) is 15.0. The minimum Gasteiger partial charge on any atom is -0.369 e. The van der Waals surface area contributed by atoms with Gasteiger partial charge in [-0.3, -0.25) is 4.90 Å². The topological polar surface area (TPSA) is 115 Å². The number of rotatable bonds is 21. The van der Waals surface area contributed by atoms with Crippen molar-refractivity contribution in [3.63, 3.8) is 0 Å². The van der Waals surface area contributed by atoms with Crippen LogP contribution in [0.5, 0.6) is 0 Å². The number of benzene rings is 2. The molecule has 0 fully saturated rings. The van der Waals surface area contributed by atoms with Crippen LogP contribution in [0.3, 0.4) is 0 Å². The Morgan fingerprint density at radius 3 is 1.79 bits per heavy atom. The molecule has 2 unspecified atom stereocenters. The number of imidazole rings is 2. The Bertz CT molecular complexity index is 2000. The lowest BCUT2D eigenvalue weighted by molar-refractivity contribution is 0.165. The van der Waals surface area contributed by atoms with Crippen LogP contribution in [0, 0.1) is 0 Å². The number of nitrogens with one attached hydrogen (secondary N) is 2. The fourth-order valence-corrected chi connectivity index (χ4v) is 7.64. The van der Waals surface area contributed by atoms with E-state index in [-0.39, 0.29) is 12.1 Å². The van der Waals surface area contributed by atoms with Gasteiger partial charge in [0.15, 0.2) is 11.3 Å². The standard InChI is InChI=1S/C43H61N13/c1-9-53(10-2)25-26-55(34-19-15-32(16-20-34)41-48-37-28-44-31-46-43(37)50-41)30-38(54(11-3)12-4)39(29-52(7)8)56(27-24-51(5)6)35-21-17-33(18-22-35)40-47-36-14-13-23-45-42(36)49-40/h13-23,28,31,38-39H,9-12,24-27,29-30H2,1-8H3,(H,45,47,49)(H,44,46,48,50). The number of pyridine rings is 1. The second-order valence-corrected chi connectivity index (χ2v) is 15.0. The van der Waals surface area contributed by atoms with E-state index in [9.17, 15) is 0 Å². The van der Waals surface area contributed by atoms with Crippen LogP contribution in [0.1, 0.15) is 27.7 Å². The molecule has 2 aromatic carbocycles. The van der Waals surface area contributed by atoms with Gasteiger partial charge in [0.1, 0.15) is 23.5 Å². The first-order valence-corrected chi connectivity index (χ1v) is 20.2. The van der Waals surface area contributed by atoms with E-state index in [4.69, 9.17) is 9.97 Å². The summed E-state index contributed by atoms with van der Waals surface area (Å²) in [5.74, 6) is 1.63. The van der Waals surface area contributed by atoms with Crippen molar-refractivity contribution >= 4 is 33.7 Å². The van der Waals surface area contributed by atoms with Crippen molar-refractivity contribution in [2.75, 3.05) is 103 Å². The summed E-state index contributed by atoms with van der Waals surface area (Å²) in [5.41, 5.74) is 7.68. The summed E-state index contributed by atoms with van der Waals surface area (Å²) in [6.07, 6.45) is 5.10. The Morgan fingerprint density at radius 1 is 0.589 bits per heavy atom. The molecule has 6 aromatic rings. The highest BCUT2D eigenvalue weighted by molar-refractivity contribution is 5.76. The molecule has 0 radical (unpaired) electrons. The summed E-state index contributed by atoms with van der Waals surface area (Å²) >= 11 is 0. The van der Waals surface area contributed by atoms with E-state index in [1.807, 2.05) is 12.1 Å². The van der Waals surface area contributed by atoms with Gasteiger partial charge in [0.2, 0.25) is 0 Å². The molecular formula is C43H61N13. The van der Waals surface area contributed by atoms with Gasteiger partial charge in [-0.2, -0.15) is 0 Å². The number of aromatic nitrogens is 7. The van der Waals surface area contributed by atoms with E-state index in [0.29, 0.717) is 5.65 Å². The molecule has 13 nitrogen and oxygen atoms in total. The van der Waals surface area contributed by atoms with Crippen molar-refractivity contribution in [2.24, 2.45) is 0 Å². The highest BCUT2D eigenvalue weighted by atomic mass is 15.3. The first kappa shape index (κ1) is 40.7. The van der Waals surface area contributed by atoms with Gasteiger partial charge in [-0.1, -0.05) is 27.7 Å². The number of hydrogen-bond acceptors (Lipinski definition) is 11. The average Bonchev–Trinajstić information content (AvgIpc) is 3.85. The van der Waals surface area contributed by atoms with Crippen LogP contribution in [0.25, 0.3) is 45.1 Å². The van der Waals surface area contributed by atoms with Gasteiger partial charge in [0.25, 0.3) is 0 Å². The van der Waals surface area contributed by atoms with E-state index in [0.717, 1.165) is 105 Å². The van der Waals surface area contributed by atoms with Crippen LogP contribution in [-0.4, -0.2) is 160 Å². The fourth-order valence-electron chi connectivity index (χ4n) is 7.64. The van der Waals surface area contributed by atoms with Crippen LogP contribution in [0.2, 0.25) is 0 Å². The van der Waals surface area contributed by atoms with Gasteiger partial charge >= 0.3 is 0 Å². The Balaban J connectivity index is 1.36. The Hall–Kier alpha value is -4.95. The molecule has 4 aromatic heterocycles. The van der Waals surface area contributed by atoms with E-state index in [2.05, 4.69) is 159 Å². The van der Waals surface area contributed by atoms with Gasteiger partial charge in [-0.25, -0.2) is 24.9 Å². The van der Waals surface area contributed by atoms with Gasteiger partial charge in [-0.05, 0) is 115 Å².